The minimum atomic E-state index is -0.476. The summed E-state index contributed by atoms with van der Waals surface area (Å²) in [4.78, 5) is 16.3. The van der Waals surface area contributed by atoms with Gasteiger partial charge in [0.05, 0.1) is 12.6 Å². The van der Waals surface area contributed by atoms with E-state index in [1.54, 1.807) is 4.90 Å². The molecule has 0 aromatic carbocycles. The van der Waals surface area contributed by atoms with Gasteiger partial charge in [-0.3, -0.25) is 0 Å². The lowest BCUT2D eigenvalue weighted by atomic mass is 9.74. The van der Waals surface area contributed by atoms with E-state index in [2.05, 4.69) is 10.0 Å². The summed E-state index contributed by atoms with van der Waals surface area (Å²) in [6.07, 6.45) is 0.535. The summed E-state index contributed by atoms with van der Waals surface area (Å²) in [6, 6.07) is 0. The summed E-state index contributed by atoms with van der Waals surface area (Å²) < 4.78 is 10.9. The van der Waals surface area contributed by atoms with Crippen LogP contribution in [0.1, 0.15) is 27.2 Å². The first-order chi connectivity index (χ1) is 8.86. The van der Waals surface area contributed by atoms with Crippen molar-refractivity contribution in [3.05, 3.63) is 10.4 Å². The summed E-state index contributed by atoms with van der Waals surface area (Å²) >= 11 is 0. The molecule has 0 N–H and O–H groups in total. The third-order valence-corrected chi connectivity index (χ3v) is 3.58. The van der Waals surface area contributed by atoms with Crippen molar-refractivity contribution >= 4 is 6.09 Å². The summed E-state index contributed by atoms with van der Waals surface area (Å²) in [6.45, 7) is 7.78. The first-order valence-electron chi connectivity index (χ1n) is 6.47. The van der Waals surface area contributed by atoms with Crippen LogP contribution in [-0.2, 0) is 9.47 Å². The van der Waals surface area contributed by atoms with Crippen molar-refractivity contribution in [1.29, 1.82) is 0 Å². The molecular weight excluding hydrogens is 248 g/mol. The zero-order chi connectivity index (χ0) is 14.1. The number of carbonyl (C=O) groups excluding carboxylic acids is 1. The normalized spacial score (nSPS) is 24.8. The number of azide groups is 1. The molecule has 2 heterocycles. The molecule has 2 fully saturated rings. The van der Waals surface area contributed by atoms with Crippen LogP contribution in [0.4, 0.5) is 4.79 Å². The third kappa shape index (κ3) is 2.93. The van der Waals surface area contributed by atoms with Crippen LogP contribution >= 0.6 is 0 Å². The Kier molecular flexibility index (Phi) is 3.60. The molecule has 0 bridgehead atoms. The molecule has 1 amide bonds. The molecule has 7 heteroatoms. The van der Waals surface area contributed by atoms with Crippen molar-refractivity contribution in [3.63, 3.8) is 0 Å². The molecule has 106 valence electrons. The number of hydrogen-bond donors (Lipinski definition) is 0. The van der Waals surface area contributed by atoms with Gasteiger partial charge in [0.1, 0.15) is 5.60 Å². The summed E-state index contributed by atoms with van der Waals surface area (Å²) in [5.74, 6) is 0. The Bertz CT molecular complexity index is 406. The highest BCUT2D eigenvalue weighted by Crippen LogP contribution is 2.43. The maximum Gasteiger partial charge on any atom is 0.410 e. The molecule has 2 aliphatic heterocycles. The van der Waals surface area contributed by atoms with E-state index in [1.165, 1.54) is 0 Å². The lowest BCUT2D eigenvalue weighted by Gasteiger charge is -2.49. The highest BCUT2D eigenvalue weighted by atomic mass is 16.6. The number of likely N-dealkylation sites (tertiary alicyclic amines) is 1. The number of amides is 1. The van der Waals surface area contributed by atoms with Crippen molar-refractivity contribution in [2.24, 2.45) is 10.5 Å². The van der Waals surface area contributed by atoms with Gasteiger partial charge in [-0.05, 0) is 32.7 Å². The van der Waals surface area contributed by atoms with Gasteiger partial charge in [-0.15, -0.1) is 0 Å². The molecule has 2 rings (SSSR count). The third-order valence-electron chi connectivity index (χ3n) is 3.58. The molecule has 0 saturated carbocycles. The Hall–Kier alpha value is -1.46. The molecule has 0 aromatic heterocycles. The maximum absolute atomic E-state index is 11.9. The molecule has 1 unspecified atom stereocenters. The van der Waals surface area contributed by atoms with Crippen molar-refractivity contribution in [3.8, 4) is 0 Å². The molecule has 2 saturated heterocycles. The van der Waals surface area contributed by atoms with Crippen LogP contribution in [0.3, 0.4) is 0 Å². The summed E-state index contributed by atoms with van der Waals surface area (Å²) in [7, 11) is 0. The highest BCUT2D eigenvalue weighted by Gasteiger charge is 2.54. The Labute approximate surface area is 112 Å². The van der Waals surface area contributed by atoms with Crippen molar-refractivity contribution in [2.75, 3.05) is 26.2 Å². The zero-order valence-electron chi connectivity index (χ0n) is 11.6. The predicted molar refractivity (Wildman–Crippen MR) is 68.6 cm³/mol. The van der Waals surface area contributed by atoms with E-state index in [0.717, 1.165) is 6.42 Å². The second kappa shape index (κ2) is 4.90. The van der Waals surface area contributed by atoms with Crippen LogP contribution in [0.2, 0.25) is 0 Å². The fraction of sp³-hybridized carbons (Fsp3) is 0.917. The average molecular weight is 268 g/mol. The van der Waals surface area contributed by atoms with Gasteiger partial charge in [0.25, 0.3) is 0 Å². The van der Waals surface area contributed by atoms with Crippen LogP contribution < -0.4 is 0 Å². The molecule has 0 radical (unpaired) electrons. The average Bonchev–Trinajstić information content (AvgIpc) is 2.65. The number of nitrogens with zero attached hydrogens (tertiary/aromatic N) is 4. The van der Waals surface area contributed by atoms with Gasteiger partial charge in [0.2, 0.25) is 0 Å². The van der Waals surface area contributed by atoms with E-state index in [4.69, 9.17) is 15.0 Å². The van der Waals surface area contributed by atoms with E-state index >= 15 is 0 Å². The standard InChI is InChI=1S/C12H20N4O3/c1-11(2,3)19-10(17)16-7-12(8-16)4-5-18-9(12)6-14-15-13/h9H,4-8H2,1-3H3. The van der Waals surface area contributed by atoms with Gasteiger partial charge in [-0.25, -0.2) is 4.79 Å². The smallest absolute Gasteiger partial charge is 0.410 e. The molecule has 19 heavy (non-hydrogen) atoms. The van der Waals surface area contributed by atoms with E-state index in [0.29, 0.717) is 26.2 Å². The van der Waals surface area contributed by atoms with Gasteiger partial charge in [0.15, 0.2) is 0 Å². The Morgan fingerprint density at radius 2 is 2.26 bits per heavy atom. The van der Waals surface area contributed by atoms with E-state index in [9.17, 15) is 4.79 Å². The van der Waals surface area contributed by atoms with Gasteiger partial charge < -0.3 is 14.4 Å². The topological polar surface area (TPSA) is 87.5 Å². The summed E-state index contributed by atoms with van der Waals surface area (Å²) in [5, 5.41) is 3.58. The Morgan fingerprint density at radius 3 is 2.84 bits per heavy atom. The molecule has 1 spiro atoms. The van der Waals surface area contributed by atoms with Crippen LogP contribution in [-0.4, -0.2) is 48.9 Å². The Morgan fingerprint density at radius 1 is 1.58 bits per heavy atom. The van der Waals surface area contributed by atoms with Gasteiger partial charge in [-0.1, -0.05) is 5.11 Å². The van der Waals surface area contributed by atoms with Crippen LogP contribution in [0, 0.1) is 5.41 Å². The fourth-order valence-corrected chi connectivity index (χ4v) is 2.63. The first-order valence-corrected chi connectivity index (χ1v) is 6.47. The van der Waals surface area contributed by atoms with E-state index in [-0.39, 0.29) is 17.6 Å². The van der Waals surface area contributed by atoms with Crippen molar-refractivity contribution in [1.82, 2.24) is 4.90 Å². The fourth-order valence-electron chi connectivity index (χ4n) is 2.63. The minimum Gasteiger partial charge on any atom is -0.444 e. The number of carbonyl (C=O) groups is 1. The van der Waals surface area contributed by atoms with Crippen LogP contribution in [0.15, 0.2) is 5.11 Å². The largest absolute Gasteiger partial charge is 0.444 e. The predicted octanol–water partition coefficient (Wildman–Crippen LogP) is 2.32. The lowest BCUT2D eigenvalue weighted by molar-refractivity contribution is -0.0631. The van der Waals surface area contributed by atoms with E-state index < -0.39 is 5.60 Å². The molecule has 0 aromatic rings. The second-order valence-electron chi connectivity index (χ2n) is 6.22. The monoisotopic (exact) mass is 268 g/mol. The maximum atomic E-state index is 11.9. The lowest BCUT2D eigenvalue weighted by Crippen LogP contribution is -2.62. The van der Waals surface area contributed by atoms with Crippen LogP contribution in [0.25, 0.3) is 10.4 Å². The molecular formula is C12H20N4O3. The highest BCUT2D eigenvalue weighted by molar-refractivity contribution is 5.69. The molecule has 7 nitrogen and oxygen atoms in total. The van der Waals surface area contributed by atoms with Crippen molar-refractivity contribution in [2.45, 2.75) is 38.9 Å². The second-order valence-corrected chi connectivity index (χ2v) is 6.22. The molecule has 0 aliphatic carbocycles. The quantitative estimate of drug-likeness (QED) is 0.437. The number of ether oxygens (including phenoxy) is 2. The summed E-state index contributed by atoms with van der Waals surface area (Å²) in [5.41, 5.74) is 7.85. The van der Waals surface area contributed by atoms with Gasteiger partial charge in [0, 0.05) is 30.0 Å². The first kappa shape index (κ1) is 14.0. The number of hydrogen-bond acceptors (Lipinski definition) is 4. The SMILES string of the molecule is CC(C)(C)OC(=O)N1CC2(CCOC2CN=[N+]=[N-])C1. The van der Waals surface area contributed by atoms with Crippen molar-refractivity contribution < 1.29 is 14.3 Å². The molecule has 1 atom stereocenters. The zero-order valence-corrected chi connectivity index (χ0v) is 11.6. The van der Waals surface area contributed by atoms with Gasteiger partial charge >= 0.3 is 6.09 Å². The Balaban J connectivity index is 1.90. The van der Waals surface area contributed by atoms with E-state index in [1.807, 2.05) is 20.8 Å². The van der Waals surface area contributed by atoms with Gasteiger partial charge in [-0.2, -0.15) is 0 Å². The number of rotatable bonds is 2. The molecule has 2 aliphatic rings. The minimum absolute atomic E-state index is 0.0505. The van der Waals surface area contributed by atoms with Crippen LogP contribution in [0.5, 0.6) is 0 Å².